The van der Waals surface area contributed by atoms with Gasteiger partial charge in [-0.1, -0.05) is 57.0 Å². The van der Waals surface area contributed by atoms with Crippen molar-refractivity contribution in [3.05, 3.63) is 35.9 Å². The Bertz CT molecular complexity index is 304. The summed E-state index contributed by atoms with van der Waals surface area (Å²) in [6.45, 7) is 4.19. The average molecular weight is 235 g/mol. The average Bonchev–Trinajstić information content (AvgIpc) is 2.31. The summed E-state index contributed by atoms with van der Waals surface area (Å²) in [6.07, 6.45) is 4.26. The summed E-state index contributed by atoms with van der Waals surface area (Å²) in [5.41, 5.74) is 6.70. The van der Waals surface area contributed by atoms with Gasteiger partial charge in [0, 0.05) is 6.04 Å². The van der Waals surface area contributed by atoms with Crippen molar-refractivity contribution in [2.45, 2.75) is 57.6 Å². The Hall–Kier alpha value is -0.860. The van der Waals surface area contributed by atoms with Gasteiger partial charge in [-0.15, -0.1) is 0 Å². The van der Waals surface area contributed by atoms with Gasteiger partial charge in [0.05, 0.1) is 5.60 Å². The Kier molecular flexibility index (Phi) is 5.66. The topological polar surface area (TPSA) is 46.2 Å². The first-order valence-electron chi connectivity index (χ1n) is 6.64. The Morgan fingerprint density at radius 3 is 2.12 bits per heavy atom. The van der Waals surface area contributed by atoms with E-state index >= 15 is 0 Å². The maximum Gasteiger partial charge on any atom is 0.0801 e. The van der Waals surface area contributed by atoms with Crippen LogP contribution in [0.4, 0.5) is 0 Å². The number of aliphatic hydroxyl groups is 1. The Morgan fingerprint density at radius 2 is 1.65 bits per heavy atom. The van der Waals surface area contributed by atoms with Crippen LogP contribution in [0, 0.1) is 0 Å². The highest BCUT2D eigenvalue weighted by Gasteiger charge is 2.32. The van der Waals surface area contributed by atoms with E-state index < -0.39 is 5.60 Å². The van der Waals surface area contributed by atoms with Crippen LogP contribution < -0.4 is 5.73 Å². The van der Waals surface area contributed by atoms with E-state index in [2.05, 4.69) is 26.0 Å². The van der Waals surface area contributed by atoms with Gasteiger partial charge in [0.2, 0.25) is 0 Å². The van der Waals surface area contributed by atoms with Crippen molar-refractivity contribution < 1.29 is 5.11 Å². The maximum atomic E-state index is 10.6. The molecule has 0 bridgehead atoms. The van der Waals surface area contributed by atoms with Gasteiger partial charge in [-0.25, -0.2) is 0 Å². The van der Waals surface area contributed by atoms with Gasteiger partial charge in [0.1, 0.15) is 0 Å². The van der Waals surface area contributed by atoms with E-state index in [4.69, 9.17) is 5.73 Å². The summed E-state index contributed by atoms with van der Waals surface area (Å²) < 4.78 is 0. The number of hydrogen-bond acceptors (Lipinski definition) is 2. The molecule has 0 spiro atoms. The van der Waals surface area contributed by atoms with E-state index in [1.807, 2.05) is 18.2 Å². The quantitative estimate of drug-likeness (QED) is 0.763. The van der Waals surface area contributed by atoms with Crippen LogP contribution in [0.1, 0.15) is 45.1 Å². The number of hydrogen-bond donors (Lipinski definition) is 2. The molecule has 3 N–H and O–H groups in total. The molecule has 0 aliphatic heterocycles. The second kappa shape index (κ2) is 6.77. The molecule has 2 nitrogen and oxygen atoms in total. The molecule has 0 fully saturated rings. The van der Waals surface area contributed by atoms with E-state index in [9.17, 15) is 5.11 Å². The minimum Gasteiger partial charge on any atom is -0.388 e. The molecule has 0 radical (unpaired) electrons. The number of rotatable bonds is 7. The second-order valence-electron chi connectivity index (χ2n) is 4.90. The SMILES string of the molecule is CCCC(O)(CCC)[C@H](N)Cc1ccccc1. The molecular formula is C15H25NO. The van der Waals surface area contributed by atoms with Gasteiger partial charge < -0.3 is 10.8 Å². The molecule has 0 aliphatic rings. The fourth-order valence-corrected chi connectivity index (χ4v) is 2.42. The van der Waals surface area contributed by atoms with Gasteiger partial charge >= 0.3 is 0 Å². The van der Waals surface area contributed by atoms with Gasteiger partial charge in [-0.2, -0.15) is 0 Å². The van der Waals surface area contributed by atoms with Crippen molar-refractivity contribution >= 4 is 0 Å². The number of nitrogens with two attached hydrogens (primary N) is 1. The fraction of sp³-hybridized carbons (Fsp3) is 0.600. The van der Waals surface area contributed by atoms with Crippen LogP contribution in [0.2, 0.25) is 0 Å². The van der Waals surface area contributed by atoms with E-state index in [-0.39, 0.29) is 6.04 Å². The molecule has 1 aromatic carbocycles. The predicted octanol–water partition coefficient (Wildman–Crippen LogP) is 2.89. The normalized spacial score (nSPS) is 13.6. The Balaban J connectivity index is 2.68. The molecule has 1 atom stereocenters. The van der Waals surface area contributed by atoms with Crippen LogP contribution >= 0.6 is 0 Å². The molecule has 0 unspecified atom stereocenters. The molecular weight excluding hydrogens is 210 g/mol. The lowest BCUT2D eigenvalue weighted by Gasteiger charge is -2.34. The summed E-state index contributed by atoms with van der Waals surface area (Å²) in [5.74, 6) is 0. The molecule has 2 heteroatoms. The zero-order valence-corrected chi connectivity index (χ0v) is 11.0. The van der Waals surface area contributed by atoms with Gasteiger partial charge in [0.25, 0.3) is 0 Å². The van der Waals surface area contributed by atoms with Crippen LogP contribution in [0.25, 0.3) is 0 Å². The fourth-order valence-electron chi connectivity index (χ4n) is 2.42. The largest absolute Gasteiger partial charge is 0.388 e. The first kappa shape index (κ1) is 14.2. The highest BCUT2D eigenvalue weighted by molar-refractivity contribution is 5.17. The summed E-state index contributed by atoms with van der Waals surface area (Å²) in [5, 5.41) is 10.6. The molecule has 1 rings (SSSR count). The molecule has 0 aliphatic carbocycles. The first-order valence-corrected chi connectivity index (χ1v) is 6.64. The Morgan fingerprint density at radius 1 is 1.12 bits per heavy atom. The van der Waals surface area contributed by atoms with E-state index in [1.165, 1.54) is 5.56 Å². The monoisotopic (exact) mass is 235 g/mol. The van der Waals surface area contributed by atoms with E-state index in [0.29, 0.717) is 0 Å². The lowest BCUT2D eigenvalue weighted by Crippen LogP contribution is -2.49. The molecule has 0 saturated heterocycles. The third-order valence-electron chi connectivity index (χ3n) is 3.35. The van der Waals surface area contributed by atoms with Gasteiger partial charge in [-0.3, -0.25) is 0 Å². The van der Waals surface area contributed by atoms with Crippen LogP contribution in [0.15, 0.2) is 30.3 Å². The maximum absolute atomic E-state index is 10.6. The second-order valence-corrected chi connectivity index (χ2v) is 4.90. The van der Waals surface area contributed by atoms with Crippen molar-refractivity contribution in [3.8, 4) is 0 Å². The lowest BCUT2D eigenvalue weighted by atomic mass is 9.82. The summed E-state index contributed by atoms with van der Waals surface area (Å²) in [4.78, 5) is 0. The highest BCUT2D eigenvalue weighted by atomic mass is 16.3. The summed E-state index contributed by atoms with van der Waals surface area (Å²) >= 11 is 0. The molecule has 17 heavy (non-hydrogen) atoms. The molecule has 0 amide bonds. The summed E-state index contributed by atoms with van der Waals surface area (Å²) in [6, 6.07) is 9.99. The van der Waals surface area contributed by atoms with Crippen molar-refractivity contribution in [1.82, 2.24) is 0 Å². The van der Waals surface area contributed by atoms with Crippen molar-refractivity contribution in [2.24, 2.45) is 5.73 Å². The zero-order chi connectivity index (χ0) is 12.7. The van der Waals surface area contributed by atoms with Crippen LogP contribution in [-0.4, -0.2) is 16.7 Å². The van der Waals surface area contributed by atoms with E-state index in [1.54, 1.807) is 0 Å². The highest BCUT2D eigenvalue weighted by Crippen LogP contribution is 2.24. The Labute approximate surface area is 105 Å². The minimum absolute atomic E-state index is 0.176. The molecule has 0 aromatic heterocycles. The van der Waals surface area contributed by atoms with Crippen LogP contribution in [-0.2, 0) is 6.42 Å². The zero-order valence-electron chi connectivity index (χ0n) is 11.0. The third-order valence-corrected chi connectivity index (χ3v) is 3.35. The molecule has 96 valence electrons. The van der Waals surface area contributed by atoms with Crippen molar-refractivity contribution in [2.75, 3.05) is 0 Å². The van der Waals surface area contributed by atoms with Crippen molar-refractivity contribution in [1.29, 1.82) is 0 Å². The number of benzene rings is 1. The summed E-state index contributed by atoms with van der Waals surface area (Å²) in [7, 11) is 0. The molecule has 1 aromatic rings. The van der Waals surface area contributed by atoms with E-state index in [0.717, 1.165) is 32.1 Å². The van der Waals surface area contributed by atoms with Crippen LogP contribution in [0.5, 0.6) is 0 Å². The first-order chi connectivity index (χ1) is 8.12. The van der Waals surface area contributed by atoms with Crippen LogP contribution in [0.3, 0.4) is 0 Å². The predicted molar refractivity (Wildman–Crippen MR) is 72.9 cm³/mol. The smallest absolute Gasteiger partial charge is 0.0801 e. The lowest BCUT2D eigenvalue weighted by molar-refractivity contribution is -0.00359. The van der Waals surface area contributed by atoms with Crippen molar-refractivity contribution in [3.63, 3.8) is 0 Å². The minimum atomic E-state index is -0.709. The van der Waals surface area contributed by atoms with Gasteiger partial charge in [0.15, 0.2) is 0 Å². The standard InChI is InChI=1S/C15H25NO/c1-3-10-15(17,11-4-2)14(16)12-13-8-6-5-7-9-13/h5-9,14,17H,3-4,10-12,16H2,1-2H3/t14-/m1/s1. The molecule has 0 heterocycles. The van der Waals surface area contributed by atoms with Gasteiger partial charge in [-0.05, 0) is 24.8 Å². The molecule has 0 saturated carbocycles. The third kappa shape index (κ3) is 4.14.